The van der Waals surface area contributed by atoms with Gasteiger partial charge in [0.2, 0.25) is 0 Å². The van der Waals surface area contributed by atoms with Gasteiger partial charge in [-0.3, -0.25) is 9.59 Å². The molecule has 6 heteroatoms. The third-order valence-electron chi connectivity index (χ3n) is 3.26. The second kappa shape index (κ2) is 5.38. The number of benzene rings is 1. The Hall–Kier alpha value is -1.92. The fraction of sp³-hybridized carbons (Fsp3) is 0.385. The maximum Gasteiger partial charge on any atom is 0.316 e. The van der Waals surface area contributed by atoms with Gasteiger partial charge in [-0.15, -0.1) is 0 Å². The Kier molecular flexibility index (Phi) is 3.82. The number of rotatable bonds is 3. The number of aliphatic hydroxyl groups is 1. The van der Waals surface area contributed by atoms with Gasteiger partial charge in [-0.1, -0.05) is 18.2 Å². The number of piperazine rings is 1. The summed E-state index contributed by atoms with van der Waals surface area (Å²) in [5.74, 6) is -1.09. The Morgan fingerprint density at radius 3 is 2.63 bits per heavy atom. The number of carbonyl (C=O) groups is 2. The minimum atomic E-state index is -0.571. The number of anilines is 1. The van der Waals surface area contributed by atoms with E-state index in [2.05, 4.69) is 0 Å². The quantitative estimate of drug-likeness (QED) is 0.719. The van der Waals surface area contributed by atoms with E-state index < -0.39 is 17.9 Å². The molecule has 0 spiro atoms. The Morgan fingerprint density at radius 1 is 1.26 bits per heavy atom. The number of hydrogen-bond acceptors (Lipinski definition) is 4. The highest BCUT2D eigenvalue weighted by Crippen LogP contribution is 2.26. The molecule has 2 rings (SSSR count). The van der Waals surface area contributed by atoms with Crippen molar-refractivity contribution in [1.82, 2.24) is 4.90 Å². The van der Waals surface area contributed by atoms with Crippen LogP contribution in [0.4, 0.5) is 5.69 Å². The number of nitrogens with zero attached hydrogens (tertiary/aromatic N) is 2. The van der Waals surface area contributed by atoms with E-state index in [1.54, 1.807) is 31.3 Å². The Labute approximate surface area is 111 Å². The highest BCUT2D eigenvalue weighted by atomic mass is 16.3. The van der Waals surface area contributed by atoms with Crippen LogP contribution in [0.25, 0.3) is 0 Å². The number of para-hydroxylation sites is 1. The summed E-state index contributed by atoms with van der Waals surface area (Å²) in [6.07, 6.45) is 0. The van der Waals surface area contributed by atoms with Crippen LogP contribution >= 0.6 is 0 Å². The summed E-state index contributed by atoms with van der Waals surface area (Å²) < 4.78 is 0. The van der Waals surface area contributed by atoms with Gasteiger partial charge >= 0.3 is 11.8 Å². The van der Waals surface area contributed by atoms with Crippen molar-refractivity contribution in [2.24, 2.45) is 5.73 Å². The van der Waals surface area contributed by atoms with Crippen molar-refractivity contribution in [2.45, 2.75) is 6.04 Å². The molecule has 1 atom stereocenters. The van der Waals surface area contributed by atoms with E-state index in [0.717, 1.165) is 0 Å². The van der Waals surface area contributed by atoms with Crippen LogP contribution in [0.3, 0.4) is 0 Å². The van der Waals surface area contributed by atoms with Gasteiger partial charge in [-0.05, 0) is 11.6 Å². The molecule has 0 saturated carbocycles. The van der Waals surface area contributed by atoms with Gasteiger partial charge in [0, 0.05) is 25.8 Å². The highest BCUT2D eigenvalue weighted by molar-refractivity contribution is 6.41. The van der Waals surface area contributed by atoms with Crippen LogP contribution in [0, 0.1) is 0 Å². The summed E-state index contributed by atoms with van der Waals surface area (Å²) in [5, 5.41) is 9.17. The number of nitrogens with two attached hydrogens (primary N) is 1. The third kappa shape index (κ3) is 2.45. The maximum absolute atomic E-state index is 12.0. The van der Waals surface area contributed by atoms with Crippen LogP contribution in [-0.2, 0) is 9.59 Å². The van der Waals surface area contributed by atoms with Gasteiger partial charge < -0.3 is 20.6 Å². The summed E-state index contributed by atoms with van der Waals surface area (Å²) >= 11 is 0. The molecule has 1 heterocycles. The number of hydrogen-bond donors (Lipinski definition) is 2. The summed E-state index contributed by atoms with van der Waals surface area (Å²) in [5.41, 5.74) is 7.08. The third-order valence-corrected chi connectivity index (χ3v) is 3.26. The molecule has 0 aliphatic carbocycles. The van der Waals surface area contributed by atoms with E-state index in [1.807, 2.05) is 0 Å². The lowest BCUT2D eigenvalue weighted by atomic mass is 10.0. The second-order valence-corrected chi connectivity index (χ2v) is 4.53. The van der Waals surface area contributed by atoms with E-state index in [9.17, 15) is 9.59 Å². The fourth-order valence-corrected chi connectivity index (χ4v) is 2.11. The average Bonchev–Trinajstić information content (AvgIpc) is 2.44. The van der Waals surface area contributed by atoms with E-state index in [0.29, 0.717) is 24.3 Å². The largest absolute Gasteiger partial charge is 0.394 e. The summed E-state index contributed by atoms with van der Waals surface area (Å²) in [4.78, 5) is 26.6. The zero-order chi connectivity index (χ0) is 14.0. The molecule has 1 aliphatic rings. The Bertz CT molecular complexity index is 504. The van der Waals surface area contributed by atoms with Crippen molar-refractivity contribution in [3.05, 3.63) is 29.8 Å². The maximum atomic E-state index is 12.0. The van der Waals surface area contributed by atoms with Gasteiger partial charge in [-0.2, -0.15) is 0 Å². The number of carbonyl (C=O) groups excluding carboxylic acids is 2. The summed E-state index contributed by atoms with van der Waals surface area (Å²) in [6, 6.07) is 6.49. The molecule has 0 radical (unpaired) electrons. The molecule has 1 unspecified atom stereocenters. The molecular formula is C13H17N3O3. The summed E-state index contributed by atoms with van der Waals surface area (Å²) in [7, 11) is 1.60. The van der Waals surface area contributed by atoms with Crippen LogP contribution in [0.15, 0.2) is 24.3 Å². The molecule has 2 amide bonds. The molecule has 1 saturated heterocycles. The molecule has 1 fully saturated rings. The van der Waals surface area contributed by atoms with E-state index >= 15 is 0 Å². The van der Waals surface area contributed by atoms with Gasteiger partial charge in [0.15, 0.2) is 0 Å². The number of amides is 2. The van der Waals surface area contributed by atoms with Crippen molar-refractivity contribution in [3.63, 3.8) is 0 Å². The first-order chi connectivity index (χ1) is 9.06. The minimum Gasteiger partial charge on any atom is -0.394 e. The molecule has 1 aromatic carbocycles. The van der Waals surface area contributed by atoms with Crippen LogP contribution in [0.1, 0.15) is 11.6 Å². The topological polar surface area (TPSA) is 86.9 Å². The molecule has 19 heavy (non-hydrogen) atoms. The molecule has 1 aromatic rings. The Morgan fingerprint density at radius 2 is 1.95 bits per heavy atom. The first-order valence-corrected chi connectivity index (χ1v) is 6.08. The monoisotopic (exact) mass is 263 g/mol. The predicted molar refractivity (Wildman–Crippen MR) is 70.4 cm³/mol. The van der Waals surface area contributed by atoms with E-state index in [1.165, 1.54) is 9.80 Å². The van der Waals surface area contributed by atoms with Crippen LogP contribution in [0.5, 0.6) is 0 Å². The molecule has 102 valence electrons. The highest BCUT2D eigenvalue weighted by Gasteiger charge is 2.32. The van der Waals surface area contributed by atoms with Gasteiger partial charge in [-0.25, -0.2) is 0 Å². The average molecular weight is 263 g/mol. The van der Waals surface area contributed by atoms with Gasteiger partial charge in [0.05, 0.1) is 12.6 Å². The molecular weight excluding hydrogens is 246 g/mol. The van der Waals surface area contributed by atoms with Crippen LogP contribution in [0.2, 0.25) is 0 Å². The van der Waals surface area contributed by atoms with Crippen molar-refractivity contribution in [1.29, 1.82) is 0 Å². The first-order valence-electron chi connectivity index (χ1n) is 6.08. The Balaban J connectivity index is 2.37. The van der Waals surface area contributed by atoms with Crippen molar-refractivity contribution < 1.29 is 14.7 Å². The fourth-order valence-electron chi connectivity index (χ4n) is 2.11. The summed E-state index contributed by atoms with van der Waals surface area (Å²) in [6.45, 7) is 0.691. The second-order valence-electron chi connectivity index (χ2n) is 4.53. The smallest absolute Gasteiger partial charge is 0.316 e. The molecule has 0 aromatic heterocycles. The molecule has 0 bridgehead atoms. The number of likely N-dealkylation sites (N-methyl/N-ethyl adjacent to an activating group) is 1. The minimum absolute atomic E-state index is 0.215. The van der Waals surface area contributed by atoms with Gasteiger partial charge in [0.1, 0.15) is 0 Å². The standard InChI is InChI=1S/C13H17N3O3/c1-15-6-7-16(13(19)12(15)18)11-5-3-2-4-9(11)10(14)8-17/h2-5,10,17H,6-8,14H2,1H3. The van der Waals surface area contributed by atoms with E-state index in [4.69, 9.17) is 10.8 Å². The van der Waals surface area contributed by atoms with Crippen molar-refractivity contribution in [3.8, 4) is 0 Å². The zero-order valence-corrected chi connectivity index (χ0v) is 10.7. The molecule has 1 aliphatic heterocycles. The molecule has 3 N–H and O–H groups in total. The lowest BCUT2D eigenvalue weighted by Crippen LogP contribution is -2.53. The van der Waals surface area contributed by atoms with Crippen LogP contribution in [-0.4, -0.2) is 48.6 Å². The van der Waals surface area contributed by atoms with Crippen molar-refractivity contribution >= 4 is 17.5 Å². The van der Waals surface area contributed by atoms with Crippen LogP contribution < -0.4 is 10.6 Å². The lowest BCUT2D eigenvalue weighted by molar-refractivity contribution is -0.145. The lowest BCUT2D eigenvalue weighted by Gasteiger charge is -2.33. The van der Waals surface area contributed by atoms with Crippen molar-refractivity contribution in [2.75, 3.05) is 31.6 Å². The van der Waals surface area contributed by atoms with Gasteiger partial charge in [0.25, 0.3) is 0 Å². The SMILES string of the molecule is CN1CCN(c2ccccc2C(N)CO)C(=O)C1=O. The zero-order valence-electron chi connectivity index (χ0n) is 10.7. The first kappa shape index (κ1) is 13.5. The normalized spacial score (nSPS) is 17.8. The number of aliphatic hydroxyl groups excluding tert-OH is 1. The predicted octanol–water partition coefficient (Wildman–Crippen LogP) is -0.516. The van der Waals surface area contributed by atoms with E-state index in [-0.39, 0.29) is 6.61 Å². The molecule has 6 nitrogen and oxygen atoms in total.